The van der Waals surface area contributed by atoms with Crippen molar-refractivity contribution in [2.24, 2.45) is 0 Å². The summed E-state index contributed by atoms with van der Waals surface area (Å²) in [5.74, 6) is 0.872. The normalized spacial score (nSPS) is 18.7. The van der Waals surface area contributed by atoms with Crippen LogP contribution in [0.5, 0.6) is 0 Å². The SMILES string of the molecule is Nc1cc(Cl)cc(-c2nnnn2C2CCS(=O)(=O)CC2)c1. The number of nitrogens with two attached hydrogens (primary N) is 1. The molecule has 9 heteroatoms. The number of sulfone groups is 1. The van der Waals surface area contributed by atoms with Crippen LogP contribution in [-0.2, 0) is 9.84 Å². The second-order valence-electron chi connectivity index (χ2n) is 5.10. The monoisotopic (exact) mass is 327 g/mol. The van der Waals surface area contributed by atoms with E-state index in [1.54, 1.807) is 22.9 Å². The first-order chi connectivity index (χ1) is 9.94. The van der Waals surface area contributed by atoms with E-state index in [9.17, 15) is 8.42 Å². The molecule has 0 spiro atoms. The van der Waals surface area contributed by atoms with Gasteiger partial charge in [0, 0.05) is 16.3 Å². The van der Waals surface area contributed by atoms with Crippen LogP contribution in [-0.4, -0.2) is 40.1 Å². The molecule has 0 aliphatic carbocycles. The van der Waals surface area contributed by atoms with E-state index in [2.05, 4.69) is 15.5 Å². The number of nitrogen functional groups attached to an aromatic ring is 1. The van der Waals surface area contributed by atoms with Crippen molar-refractivity contribution in [2.45, 2.75) is 18.9 Å². The Labute approximate surface area is 127 Å². The lowest BCUT2D eigenvalue weighted by Gasteiger charge is -2.22. The van der Waals surface area contributed by atoms with Gasteiger partial charge in [-0.1, -0.05) is 11.6 Å². The minimum atomic E-state index is -2.92. The Morgan fingerprint density at radius 2 is 1.95 bits per heavy atom. The molecule has 0 saturated carbocycles. The second-order valence-corrected chi connectivity index (χ2v) is 7.84. The van der Waals surface area contributed by atoms with Crippen LogP contribution in [0.4, 0.5) is 5.69 Å². The minimum absolute atomic E-state index is 0.0290. The van der Waals surface area contributed by atoms with Crippen LogP contribution in [0, 0.1) is 0 Å². The minimum Gasteiger partial charge on any atom is -0.399 e. The summed E-state index contributed by atoms with van der Waals surface area (Å²) < 4.78 is 24.7. The number of halogens is 1. The third kappa shape index (κ3) is 3.01. The number of aromatic nitrogens is 4. The van der Waals surface area contributed by atoms with Crippen LogP contribution in [0.25, 0.3) is 11.4 Å². The number of anilines is 1. The van der Waals surface area contributed by atoms with Crippen molar-refractivity contribution < 1.29 is 8.42 Å². The number of hydrogen-bond donors (Lipinski definition) is 1. The number of rotatable bonds is 2. The van der Waals surface area contributed by atoms with Gasteiger partial charge < -0.3 is 5.73 Å². The van der Waals surface area contributed by atoms with Crippen molar-refractivity contribution in [3.63, 3.8) is 0 Å². The highest BCUT2D eigenvalue weighted by Crippen LogP contribution is 2.29. The van der Waals surface area contributed by atoms with E-state index in [0.717, 1.165) is 5.56 Å². The quantitative estimate of drug-likeness (QED) is 0.834. The summed E-state index contributed by atoms with van der Waals surface area (Å²) in [6, 6.07) is 5.10. The maximum absolute atomic E-state index is 11.5. The van der Waals surface area contributed by atoms with E-state index >= 15 is 0 Å². The van der Waals surface area contributed by atoms with Crippen LogP contribution < -0.4 is 5.73 Å². The molecule has 2 N–H and O–H groups in total. The van der Waals surface area contributed by atoms with Crippen molar-refractivity contribution in [1.82, 2.24) is 20.2 Å². The van der Waals surface area contributed by atoms with Crippen molar-refractivity contribution in [2.75, 3.05) is 17.2 Å². The molecule has 0 atom stereocenters. The molecule has 0 radical (unpaired) electrons. The molecule has 3 rings (SSSR count). The molecular formula is C12H14ClN5O2S. The number of hydrogen-bond acceptors (Lipinski definition) is 6. The number of nitrogens with zero attached hydrogens (tertiary/aromatic N) is 4. The molecule has 21 heavy (non-hydrogen) atoms. The first-order valence-electron chi connectivity index (χ1n) is 6.49. The predicted octanol–water partition coefficient (Wildman–Crippen LogP) is 1.33. The molecule has 2 heterocycles. The van der Waals surface area contributed by atoms with Gasteiger partial charge in [0.25, 0.3) is 0 Å². The standard InChI is InChI=1S/C12H14ClN5O2S/c13-9-5-8(6-10(14)7-9)12-15-16-17-18(12)11-1-3-21(19,20)4-2-11/h5-7,11H,1-4,14H2. The molecular weight excluding hydrogens is 314 g/mol. The molecule has 1 fully saturated rings. The van der Waals surface area contributed by atoms with Crippen molar-refractivity contribution in [1.29, 1.82) is 0 Å². The first kappa shape index (κ1) is 14.3. The van der Waals surface area contributed by atoms with Gasteiger partial charge in [0.05, 0.1) is 17.5 Å². The Hall–Kier alpha value is -1.67. The van der Waals surface area contributed by atoms with E-state index in [1.807, 2.05) is 0 Å². The van der Waals surface area contributed by atoms with Crippen LogP contribution in [0.15, 0.2) is 18.2 Å². The van der Waals surface area contributed by atoms with Gasteiger partial charge in [0.15, 0.2) is 5.82 Å². The molecule has 0 amide bonds. The highest BCUT2D eigenvalue weighted by atomic mass is 35.5. The zero-order chi connectivity index (χ0) is 15.0. The lowest BCUT2D eigenvalue weighted by atomic mass is 10.1. The van der Waals surface area contributed by atoms with Crippen LogP contribution >= 0.6 is 11.6 Å². The van der Waals surface area contributed by atoms with E-state index < -0.39 is 9.84 Å². The summed E-state index contributed by atoms with van der Waals surface area (Å²) in [6.07, 6.45) is 1.02. The van der Waals surface area contributed by atoms with Gasteiger partial charge >= 0.3 is 0 Å². The molecule has 1 saturated heterocycles. The summed E-state index contributed by atoms with van der Waals surface area (Å²) in [4.78, 5) is 0. The predicted molar refractivity (Wildman–Crippen MR) is 79.6 cm³/mol. The molecule has 7 nitrogen and oxygen atoms in total. The first-order valence-corrected chi connectivity index (χ1v) is 8.69. The Kier molecular flexibility index (Phi) is 3.58. The third-order valence-corrected chi connectivity index (χ3v) is 5.47. The van der Waals surface area contributed by atoms with Crippen LogP contribution in [0.2, 0.25) is 5.02 Å². The van der Waals surface area contributed by atoms with Crippen molar-refractivity contribution in [3.8, 4) is 11.4 Å². The van der Waals surface area contributed by atoms with E-state index in [-0.39, 0.29) is 17.5 Å². The summed E-state index contributed by atoms with van der Waals surface area (Å²) in [6.45, 7) is 0. The zero-order valence-electron chi connectivity index (χ0n) is 11.1. The van der Waals surface area contributed by atoms with Crippen molar-refractivity contribution >= 4 is 27.1 Å². The summed E-state index contributed by atoms with van der Waals surface area (Å²) in [5.41, 5.74) is 7.03. The number of benzene rings is 1. The fraction of sp³-hybridized carbons (Fsp3) is 0.417. The fourth-order valence-corrected chi connectivity index (χ4v) is 4.20. The maximum atomic E-state index is 11.5. The van der Waals surface area contributed by atoms with Crippen molar-refractivity contribution in [3.05, 3.63) is 23.2 Å². The van der Waals surface area contributed by atoms with Gasteiger partial charge in [0.1, 0.15) is 9.84 Å². The van der Waals surface area contributed by atoms with E-state index in [4.69, 9.17) is 17.3 Å². The molecule has 0 bridgehead atoms. The Morgan fingerprint density at radius 3 is 2.62 bits per heavy atom. The molecule has 0 unspecified atom stereocenters. The van der Waals surface area contributed by atoms with E-state index in [1.165, 1.54) is 0 Å². The number of tetrazole rings is 1. The highest BCUT2D eigenvalue weighted by molar-refractivity contribution is 7.91. The molecule has 1 aromatic carbocycles. The lowest BCUT2D eigenvalue weighted by molar-refractivity contribution is 0.408. The van der Waals surface area contributed by atoms with Crippen LogP contribution in [0.1, 0.15) is 18.9 Å². The van der Waals surface area contributed by atoms with E-state index in [0.29, 0.717) is 29.4 Å². The van der Waals surface area contributed by atoms with Gasteiger partial charge in [0.2, 0.25) is 0 Å². The lowest BCUT2D eigenvalue weighted by Crippen LogP contribution is -2.26. The molecule has 1 aliphatic heterocycles. The van der Waals surface area contributed by atoms with Gasteiger partial charge in [-0.3, -0.25) is 0 Å². The summed E-state index contributed by atoms with van der Waals surface area (Å²) in [5, 5.41) is 12.2. The average Bonchev–Trinajstić information content (AvgIpc) is 2.86. The van der Waals surface area contributed by atoms with Crippen LogP contribution in [0.3, 0.4) is 0 Å². The fourth-order valence-electron chi connectivity index (χ4n) is 2.49. The third-order valence-electron chi connectivity index (χ3n) is 3.54. The highest BCUT2D eigenvalue weighted by Gasteiger charge is 2.27. The Balaban J connectivity index is 1.94. The van der Waals surface area contributed by atoms with Gasteiger partial charge in [-0.2, -0.15) is 0 Å². The van der Waals surface area contributed by atoms with Gasteiger partial charge in [-0.05, 0) is 41.5 Å². The maximum Gasteiger partial charge on any atom is 0.182 e. The molecule has 1 aromatic heterocycles. The van der Waals surface area contributed by atoms with Gasteiger partial charge in [-0.15, -0.1) is 5.10 Å². The Morgan fingerprint density at radius 1 is 1.24 bits per heavy atom. The molecule has 112 valence electrons. The summed E-state index contributed by atoms with van der Waals surface area (Å²) >= 11 is 6.01. The zero-order valence-corrected chi connectivity index (χ0v) is 12.7. The molecule has 2 aromatic rings. The summed E-state index contributed by atoms with van der Waals surface area (Å²) in [7, 11) is -2.92. The average molecular weight is 328 g/mol. The Bertz CT molecular complexity index is 739. The topological polar surface area (TPSA) is 104 Å². The largest absolute Gasteiger partial charge is 0.399 e. The smallest absolute Gasteiger partial charge is 0.182 e. The second kappa shape index (κ2) is 5.27. The molecule has 1 aliphatic rings. The van der Waals surface area contributed by atoms with Gasteiger partial charge in [-0.25, -0.2) is 13.1 Å².